The van der Waals surface area contributed by atoms with Crippen LogP contribution in [0.3, 0.4) is 0 Å². The molecule has 1 heterocycles. The molecule has 2 rings (SSSR count). The maximum absolute atomic E-state index is 5.85. The number of benzene rings is 1. The molecule has 2 N–H and O–H groups in total. The van der Waals surface area contributed by atoms with Crippen molar-refractivity contribution in [3.63, 3.8) is 0 Å². The van der Waals surface area contributed by atoms with Crippen molar-refractivity contribution in [2.75, 3.05) is 5.73 Å². The molecule has 0 bridgehead atoms. The minimum Gasteiger partial charge on any atom is -0.398 e. The largest absolute Gasteiger partial charge is 0.398 e. The third-order valence-electron chi connectivity index (χ3n) is 2.33. The number of fused-ring (bicyclic) bond motifs is 1. The normalized spacial score (nSPS) is 14.7. The van der Waals surface area contributed by atoms with Gasteiger partial charge >= 0.3 is 0 Å². The number of hydrogen-bond donors (Lipinski definition) is 1. The number of hydrogen-bond acceptors (Lipinski definition) is 3. The molecule has 3 nitrogen and oxygen atoms in total. The lowest BCUT2D eigenvalue weighted by atomic mass is 10.1. The van der Waals surface area contributed by atoms with E-state index in [1.807, 2.05) is 35.5 Å². The smallest absolute Gasteiger partial charge is 0.164 e. The Hall–Kier alpha value is -1.64. The van der Waals surface area contributed by atoms with Crippen LogP contribution in [0.15, 0.2) is 24.4 Å². The lowest BCUT2D eigenvalue weighted by molar-refractivity contribution is -0.0810. The first-order chi connectivity index (χ1) is 6.98. The van der Waals surface area contributed by atoms with Gasteiger partial charge in [0.25, 0.3) is 0 Å². The second-order valence-corrected chi connectivity index (χ2v) is 4.66. The monoisotopic (exact) mass is 204 g/mol. The Balaban J connectivity index is 2.37. The zero-order chi connectivity index (χ0) is 11.1. The Labute approximate surface area is 90.1 Å². The van der Waals surface area contributed by atoms with E-state index < -0.39 is 0 Å². The molecule has 1 aromatic carbocycles. The Morgan fingerprint density at radius 3 is 2.67 bits per heavy atom. The van der Waals surface area contributed by atoms with Gasteiger partial charge in [0, 0.05) is 17.5 Å². The van der Waals surface area contributed by atoms with Crippen LogP contribution in [0.25, 0.3) is 6.08 Å². The summed E-state index contributed by atoms with van der Waals surface area (Å²) >= 11 is 0. The van der Waals surface area contributed by atoms with Crippen LogP contribution >= 0.6 is 0 Å². The summed E-state index contributed by atoms with van der Waals surface area (Å²) in [7, 11) is 0. The van der Waals surface area contributed by atoms with Gasteiger partial charge < -0.3 is 10.6 Å². The second kappa shape index (κ2) is 3.19. The summed E-state index contributed by atoms with van der Waals surface area (Å²) in [5.74, 6) is 0.812. The van der Waals surface area contributed by atoms with Crippen molar-refractivity contribution in [2.24, 2.45) is 0 Å². The van der Waals surface area contributed by atoms with Crippen LogP contribution in [-0.2, 0) is 0 Å². The quantitative estimate of drug-likeness (QED) is 0.660. The second-order valence-electron chi connectivity index (χ2n) is 4.66. The van der Waals surface area contributed by atoms with Crippen molar-refractivity contribution in [3.05, 3.63) is 30.0 Å². The van der Waals surface area contributed by atoms with Crippen LogP contribution < -0.4 is 10.6 Å². The van der Waals surface area contributed by atoms with E-state index in [1.54, 1.807) is 0 Å². The van der Waals surface area contributed by atoms with Crippen LogP contribution in [0.2, 0.25) is 0 Å². The molecule has 0 atom stereocenters. The van der Waals surface area contributed by atoms with E-state index in [0.717, 1.165) is 17.0 Å². The topological polar surface area (TPSA) is 38.5 Å². The summed E-state index contributed by atoms with van der Waals surface area (Å²) in [4.78, 5) is 5.74. The van der Waals surface area contributed by atoms with Gasteiger partial charge in [0.2, 0.25) is 0 Å². The van der Waals surface area contributed by atoms with Crippen molar-refractivity contribution in [2.45, 2.75) is 26.3 Å². The maximum atomic E-state index is 5.85. The van der Waals surface area contributed by atoms with Crippen LogP contribution in [-0.4, -0.2) is 10.6 Å². The van der Waals surface area contributed by atoms with Gasteiger partial charge in [0.15, 0.2) is 5.75 Å². The molecule has 3 heteroatoms. The van der Waals surface area contributed by atoms with Gasteiger partial charge in [-0.05, 0) is 39.0 Å². The van der Waals surface area contributed by atoms with E-state index in [-0.39, 0.29) is 5.54 Å². The van der Waals surface area contributed by atoms with E-state index in [1.165, 1.54) is 0 Å². The molecular formula is C12H16N2O. The SMILES string of the molecule is CC(C)(C)N1C=Cc2c(N)cccc2O1. The Kier molecular flexibility index (Phi) is 2.11. The standard InChI is InChI=1S/C12H16N2O/c1-12(2,3)14-8-7-9-10(13)5-4-6-11(9)15-14/h4-8H,13H2,1-3H3. The molecule has 0 saturated heterocycles. The van der Waals surface area contributed by atoms with Gasteiger partial charge in [0.05, 0.1) is 5.54 Å². The first kappa shape index (κ1) is 9.90. The Morgan fingerprint density at radius 1 is 1.27 bits per heavy atom. The summed E-state index contributed by atoms with van der Waals surface area (Å²) in [5, 5.41) is 1.83. The van der Waals surface area contributed by atoms with Crippen molar-refractivity contribution in [1.82, 2.24) is 5.06 Å². The van der Waals surface area contributed by atoms with Gasteiger partial charge in [-0.1, -0.05) is 6.07 Å². The van der Waals surface area contributed by atoms with E-state index >= 15 is 0 Å². The minimum absolute atomic E-state index is 0.0568. The van der Waals surface area contributed by atoms with Gasteiger partial charge in [0.1, 0.15) is 0 Å². The molecule has 15 heavy (non-hydrogen) atoms. The maximum Gasteiger partial charge on any atom is 0.164 e. The molecule has 0 aromatic heterocycles. The summed E-state index contributed by atoms with van der Waals surface area (Å²) < 4.78 is 0. The highest BCUT2D eigenvalue weighted by Gasteiger charge is 2.23. The lowest BCUT2D eigenvalue weighted by Crippen LogP contribution is -2.40. The van der Waals surface area contributed by atoms with Crippen molar-refractivity contribution < 1.29 is 4.84 Å². The van der Waals surface area contributed by atoms with E-state index in [9.17, 15) is 0 Å². The van der Waals surface area contributed by atoms with Gasteiger partial charge in [-0.2, -0.15) is 0 Å². The molecule has 80 valence electrons. The van der Waals surface area contributed by atoms with Gasteiger partial charge in [-0.15, -0.1) is 0 Å². The number of nitrogens with two attached hydrogens (primary N) is 1. The molecular weight excluding hydrogens is 188 g/mol. The molecule has 0 unspecified atom stereocenters. The highest BCUT2D eigenvalue weighted by Crippen LogP contribution is 2.32. The number of rotatable bonds is 0. The summed E-state index contributed by atoms with van der Waals surface area (Å²) in [6.07, 6.45) is 3.90. The molecule has 0 radical (unpaired) electrons. The predicted octanol–water partition coefficient (Wildman–Crippen LogP) is 2.65. The van der Waals surface area contributed by atoms with Crippen LogP contribution in [0, 0.1) is 0 Å². The average Bonchev–Trinajstić information content (AvgIpc) is 2.16. The number of nitrogens with zero attached hydrogens (tertiary/aromatic N) is 1. The number of hydroxylamine groups is 2. The molecule has 0 spiro atoms. The van der Waals surface area contributed by atoms with E-state index in [0.29, 0.717) is 0 Å². The highest BCUT2D eigenvalue weighted by molar-refractivity contribution is 5.70. The highest BCUT2D eigenvalue weighted by atomic mass is 16.7. The molecule has 0 fully saturated rings. The Morgan fingerprint density at radius 2 is 2.00 bits per heavy atom. The first-order valence-corrected chi connectivity index (χ1v) is 5.02. The fraction of sp³-hybridized carbons (Fsp3) is 0.333. The minimum atomic E-state index is -0.0568. The molecule has 0 saturated carbocycles. The molecule has 1 aromatic rings. The number of anilines is 1. The Bertz CT molecular complexity index is 405. The predicted molar refractivity (Wildman–Crippen MR) is 62.1 cm³/mol. The molecule has 0 aliphatic carbocycles. The third kappa shape index (κ3) is 1.77. The summed E-state index contributed by atoms with van der Waals surface area (Å²) in [5.41, 5.74) is 7.49. The third-order valence-corrected chi connectivity index (χ3v) is 2.33. The van der Waals surface area contributed by atoms with Crippen molar-refractivity contribution in [1.29, 1.82) is 0 Å². The van der Waals surface area contributed by atoms with Crippen LogP contribution in [0.5, 0.6) is 5.75 Å². The lowest BCUT2D eigenvalue weighted by Gasteiger charge is -2.35. The van der Waals surface area contributed by atoms with E-state index in [4.69, 9.17) is 10.6 Å². The molecule has 1 aliphatic heterocycles. The van der Waals surface area contributed by atoms with E-state index in [2.05, 4.69) is 20.8 Å². The van der Waals surface area contributed by atoms with Crippen LogP contribution in [0.4, 0.5) is 5.69 Å². The summed E-state index contributed by atoms with van der Waals surface area (Å²) in [6, 6.07) is 5.70. The van der Waals surface area contributed by atoms with Gasteiger partial charge in [-0.25, -0.2) is 5.06 Å². The molecule has 0 amide bonds. The first-order valence-electron chi connectivity index (χ1n) is 5.02. The fourth-order valence-corrected chi connectivity index (χ4v) is 1.46. The molecule has 1 aliphatic rings. The zero-order valence-electron chi connectivity index (χ0n) is 9.32. The number of nitrogen functional groups attached to an aromatic ring is 1. The summed E-state index contributed by atoms with van der Waals surface area (Å²) in [6.45, 7) is 6.28. The average molecular weight is 204 g/mol. The van der Waals surface area contributed by atoms with Crippen molar-refractivity contribution in [3.8, 4) is 5.75 Å². The van der Waals surface area contributed by atoms with Gasteiger partial charge in [-0.3, -0.25) is 0 Å². The van der Waals surface area contributed by atoms with Crippen molar-refractivity contribution >= 4 is 11.8 Å². The zero-order valence-corrected chi connectivity index (χ0v) is 9.32. The fourth-order valence-electron chi connectivity index (χ4n) is 1.46. The van der Waals surface area contributed by atoms with Crippen LogP contribution in [0.1, 0.15) is 26.3 Å².